The summed E-state index contributed by atoms with van der Waals surface area (Å²) in [5.41, 5.74) is 0.438. The lowest BCUT2D eigenvalue weighted by Crippen LogP contribution is -2.19. The summed E-state index contributed by atoms with van der Waals surface area (Å²) >= 11 is 5.79. The van der Waals surface area contributed by atoms with Crippen molar-refractivity contribution in [2.45, 2.75) is 19.3 Å². The Balaban J connectivity index is 2.49. The Labute approximate surface area is 105 Å². The van der Waals surface area contributed by atoms with Crippen molar-refractivity contribution in [3.63, 3.8) is 0 Å². The Hall–Kier alpha value is -1.29. The molecule has 0 saturated heterocycles. The molecule has 0 bridgehead atoms. The van der Waals surface area contributed by atoms with Gasteiger partial charge in [-0.25, -0.2) is 4.39 Å². The highest BCUT2D eigenvalue weighted by Crippen LogP contribution is 2.22. The van der Waals surface area contributed by atoms with E-state index in [-0.39, 0.29) is 12.2 Å². The average Bonchev–Trinajstić information content (AvgIpc) is 2.27. The van der Waals surface area contributed by atoms with Crippen LogP contribution in [0.2, 0.25) is 5.02 Å². The predicted octanol–water partition coefficient (Wildman–Crippen LogP) is 3.17. The Morgan fingerprint density at radius 1 is 1.47 bits per heavy atom. The van der Waals surface area contributed by atoms with Crippen molar-refractivity contribution >= 4 is 23.3 Å². The molecular weight excluding hydrogens is 245 g/mol. The first-order valence-corrected chi connectivity index (χ1v) is 5.76. The molecule has 17 heavy (non-hydrogen) atoms. The normalized spacial score (nSPS) is 10.3. The maximum Gasteiger partial charge on any atom is 0.303 e. The Kier molecular flexibility index (Phi) is 5.22. The van der Waals surface area contributed by atoms with Crippen molar-refractivity contribution in [3.8, 4) is 0 Å². The zero-order chi connectivity index (χ0) is 12.8. The van der Waals surface area contributed by atoms with E-state index in [9.17, 15) is 9.18 Å². The topological polar surface area (TPSA) is 40.5 Å². The standard InChI is InChI=1S/C12H15ClFNO2/c1-15(7-3-2-4-12(16)17)11-8-9(13)5-6-10(11)14/h5-6,8H,2-4,7H2,1H3,(H,16,17). The molecule has 0 unspecified atom stereocenters. The van der Waals surface area contributed by atoms with Gasteiger partial charge in [-0.15, -0.1) is 0 Å². The van der Waals surface area contributed by atoms with Crippen molar-refractivity contribution in [2.75, 3.05) is 18.5 Å². The summed E-state index contributed by atoms with van der Waals surface area (Å²) in [5.74, 6) is -1.13. The molecule has 3 nitrogen and oxygen atoms in total. The number of carboxylic acid groups (broad SMARTS) is 1. The number of hydrogen-bond donors (Lipinski definition) is 1. The number of nitrogens with zero attached hydrogens (tertiary/aromatic N) is 1. The Morgan fingerprint density at radius 3 is 2.82 bits per heavy atom. The maximum absolute atomic E-state index is 13.5. The number of halogens is 2. The third kappa shape index (κ3) is 4.61. The number of benzene rings is 1. The van der Waals surface area contributed by atoms with E-state index in [2.05, 4.69) is 0 Å². The van der Waals surface area contributed by atoms with E-state index < -0.39 is 5.97 Å². The van der Waals surface area contributed by atoms with E-state index in [0.29, 0.717) is 30.1 Å². The lowest BCUT2D eigenvalue weighted by Gasteiger charge is -2.19. The summed E-state index contributed by atoms with van der Waals surface area (Å²) in [6, 6.07) is 4.39. The van der Waals surface area contributed by atoms with E-state index in [4.69, 9.17) is 16.7 Å². The average molecular weight is 260 g/mol. The highest BCUT2D eigenvalue weighted by atomic mass is 35.5. The van der Waals surface area contributed by atoms with E-state index in [0.717, 1.165) is 0 Å². The molecule has 0 aliphatic carbocycles. The fraction of sp³-hybridized carbons (Fsp3) is 0.417. The molecule has 5 heteroatoms. The highest BCUT2D eigenvalue weighted by Gasteiger charge is 2.08. The molecular formula is C12H15ClFNO2. The van der Waals surface area contributed by atoms with Crippen molar-refractivity contribution < 1.29 is 14.3 Å². The van der Waals surface area contributed by atoms with E-state index in [1.807, 2.05) is 0 Å². The second-order valence-corrected chi connectivity index (χ2v) is 4.30. The molecule has 0 amide bonds. The van der Waals surface area contributed by atoms with Gasteiger partial charge in [-0.1, -0.05) is 11.6 Å². The van der Waals surface area contributed by atoms with Crippen LogP contribution in [0, 0.1) is 5.82 Å². The van der Waals surface area contributed by atoms with Gasteiger partial charge in [-0.3, -0.25) is 4.79 Å². The molecule has 1 aromatic carbocycles. The number of carbonyl (C=O) groups is 1. The van der Waals surface area contributed by atoms with Crippen LogP contribution in [0.15, 0.2) is 18.2 Å². The highest BCUT2D eigenvalue weighted by molar-refractivity contribution is 6.30. The lowest BCUT2D eigenvalue weighted by molar-refractivity contribution is -0.137. The van der Waals surface area contributed by atoms with Crippen LogP contribution in [-0.2, 0) is 4.79 Å². The number of hydrogen-bond acceptors (Lipinski definition) is 2. The SMILES string of the molecule is CN(CCCCC(=O)O)c1cc(Cl)ccc1F. The van der Waals surface area contributed by atoms with Crippen molar-refractivity contribution in [1.82, 2.24) is 0 Å². The van der Waals surface area contributed by atoms with Gasteiger partial charge < -0.3 is 10.0 Å². The predicted molar refractivity (Wildman–Crippen MR) is 66.2 cm³/mol. The van der Waals surface area contributed by atoms with Crippen LogP contribution in [0.1, 0.15) is 19.3 Å². The molecule has 0 aromatic heterocycles. The van der Waals surface area contributed by atoms with Crippen LogP contribution in [0.4, 0.5) is 10.1 Å². The van der Waals surface area contributed by atoms with Crippen LogP contribution in [-0.4, -0.2) is 24.7 Å². The van der Waals surface area contributed by atoms with E-state index in [1.165, 1.54) is 12.1 Å². The zero-order valence-electron chi connectivity index (χ0n) is 9.62. The molecule has 0 aliphatic heterocycles. The largest absolute Gasteiger partial charge is 0.481 e. The van der Waals surface area contributed by atoms with Crippen LogP contribution >= 0.6 is 11.6 Å². The number of carboxylic acids is 1. The van der Waals surface area contributed by atoms with Crippen molar-refractivity contribution in [2.24, 2.45) is 0 Å². The summed E-state index contributed by atoms with van der Waals surface area (Å²) in [6.07, 6.45) is 1.43. The number of rotatable bonds is 6. The summed E-state index contributed by atoms with van der Waals surface area (Å²) < 4.78 is 13.5. The quantitative estimate of drug-likeness (QED) is 0.798. The number of unbranched alkanes of at least 4 members (excludes halogenated alkanes) is 1. The zero-order valence-corrected chi connectivity index (χ0v) is 10.4. The molecule has 94 valence electrons. The number of anilines is 1. The van der Waals surface area contributed by atoms with Gasteiger partial charge in [-0.05, 0) is 31.0 Å². The van der Waals surface area contributed by atoms with Crippen LogP contribution < -0.4 is 4.90 Å². The molecule has 0 radical (unpaired) electrons. The summed E-state index contributed by atoms with van der Waals surface area (Å²) in [7, 11) is 1.76. The first-order valence-electron chi connectivity index (χ1n) is 5.38. The molecule has 0 atom stereocenters. The van der Waals surface area contributed by atoms with Gasteiger partial charge in [0.25, 0.3) is 0 Å². The smallest absolute Gasteiger partial charge is 0.303 e. The lowest BCUT2D eigenvalue weighted by atomic mass is 10.2. The fourth-order valence-electron chi connectivity index (χ4n) is 1.52. The molecule has 0 fully saturated rings. The molecule has 0 saturated carbocycles. The monoisotopic (exact) mass is 259 g/mol. The minimum atomic E-state index is -0.804. The van der Waals surface area contributed by atoms with Gasteiger partial charge in [-0.2, -0.15) is 0 Å². The van der Waals surface area contributed by atoms with Gasteiger partial charge in [0, 0.05) is 25.0 Å². The van der Waals surface area contributed by atoms with Crippen LogP contribution in [0.25, 0.3) is 0 Å². The molecule has 1 rings (SSSR count). The van der Waals surface area contributed by atoms with Gasteiger partial charge >= 0.3 is 5.97 Å². The first-order chi connectivity index (χ1) is 8.00. The van der Waals surface area contributed by atoms with Gasteiger partial charge in [0.15, 0.2) is 0 Å². The summed E-state index contributed by atoms with van der Waals surface area (Å²) in [5, 5.41) is 8.97. The minimum absolute atomic E-state index is 0.145. The molecule has 1 aromatic rings. The third-order valence-corrected chi connectivity index (χ3v) is 2.69. The Morgan fingerprint density at radius 2 is 2.18 bits per heavy atom. The number of aliphatic carboxylic acids is 1. The third-order valence-electron chi connectivity index (χ3n) is 2.45. The second kappa shape index (κ2) is 6.45. The van der Waals surface area contributed by atoms with E-state index >= 15 is 0 Å². The van der Waals surface area contributed by atoms with E-state index in [1.54, 1.807) is 18.0 Å². The Bertz CT molecular complexity index is 398. The van der Waals surface area contributed by atoms with Gasteiger partial charge in [0.1, 0.15) is 5.82 Å². The summed E-state index contributed by atoms with van der Waals surface area (Å²) in [4.78, 5) is 12.1. The van der Waals surface area contributed by atoms with Crippen molar-refractivity contribution in [3.05, 3.63) is 29.0 Å². The first kappa shape index (κ1) is 13.8. The second-order valence-electron chi connectivity index (χ2n) is 3.87. The van der Waals surface area contributed by atoms with Gasteiger partial charge in [0.2, 0.25) is 0 Å². The molecule has 1 N–H and O–H groups in total. The van der Waals surface area contributed by atoms with Crippen LogP contribution in [0.5, 0.6) is 0 Å². The molecule has 0 aliphatic rings. The molecule has 0 heterocycles. The minimum Gasteiger partial charge on any atom is -0.481 e. The summed E-state index contributed by atoms with van der Waals surface area (Å²) in [6.45, 7) is 0.602. The van der Waals surface area contributed by atoms with Crippen molar-refractivity contribution in [1.29, 1.82) is 0 Å². The molecule has 0 spiro atoms. The fourth-order valence-corrected chi connectivity index (χ4v) is 1.69. The maximum atomic E-state index is 13.5. The van der Waals surface area contributed by atoms with Gasteiger partial charge in [0.05, 0.1) is 5.69 Å². The van der Waals surface area contributed by atoms with Crippen LogP contribution in [0.3, 0.4) is 0 Å².